The van der Waals surface area contributed by atoms with Crippen LogP contribution in [0.2, 0.25) is 0 Å². The first-order valence-electron chi connectivity index (χ1n) is 13.4. The van der Waals surface area contributed by atoms with Gasteiger partial charge in [-0.3, -0.25) is 19.4 Å². The summed E-state index contributed by atoms with van der Waals surface area (Å²) >= 11 is 2.87. The van der Waals surface area contributed by atoms with E-state index >= 15 is 0 Å². The zero-order chi connectivity index (χ0) is 30.9. The number of hydrogen-bond donors (Lipinski definition) is 6. The van der Waals surface area contributed by atoms with Crippen LogP contribution >= 0.6 is 23.1 Å². The lowest BCUT2D eigenvalue weighted by Gasteiger charge is -2.47. The second-order valence-corrected chi connectivity index (χ2v) is 12.2. The third-order valence-electron chi connectivity index (χ3n) is 6.65. The smallest absolute Gasteiger partial charge is 0.364 e. The number of nitrogens with zero attached hydrogens (tertiary/aromatic N) is 1. The van der Waals surface area contributed by atoms with Gasteiger partial charge in [-0.15, -0.1) is 11.3 Å². The average Bonchev–Trinajstić information content (AvgIpc) is 3.47. The van der Waals surface area contributed by atoms with Gasteiger partial charge in [-0.1, -0.05) is 37.3 Å². The number of rotatable bonds is 15. The Morgan fingerprint density at radius 2 is 1.98 bits per heavy atom. The highest BCUT2D eigenvalue weighted by Crippen LogP contribution is 2.34. The average molecular weight is 627 g/mol. The van der Waals surface area contributed by atoms with Crippen LogP contribution < -0.4 is 17.1 Å². The van der Waals surface area contributed by atoms with Gasteiger partial charge in [0.05, 0.1) is 30.2 Å². The summed E-state index contributed by atoms with van der Waals surface area (Å²) in [5, 5.41) is 35.6. The Balaban J connectivity index is 1.78. The molecule has 1 aliphatic heterocycles. The van der Waals surface area contributed by atoms with E-state index in [1.165, 1.54) is 18.3 Å². The first-order valence-corrected chi connectivity index (χ1v) is 15.3. The van der Waals surface area contributed by atoms with Gasteiger partial charge < -0.3 is 30.1 Å². The van der Waals surface area contributed by atoms with Crippen molar-refractivity contribution in [1.29, 1.82) is 0 Å². The molecule has 232 valence electrons. The highest BCUT2D eigenvalue weighted by molar-refractivity contribution is 7.99. The number of aliphatic hydroxyl groups excluding tert-OH is 2. The molecule has 42 heavy (non-hydrogen) atoms. The molecule has 1 saturated heterocycles. The van der Waals surface area contributed by atoms with E-state index in [9.17, 15) is 29.7 Å². The van der Waals surface area contributed by atoms with Crippen molar-refractivity contribution in [2.75, 3.05) is 24.7 Å². The fourth-order valence-electron chi connectivity index (χ4n) is 4.56. The number of hydrogen-bond acceptors (Lipinski definition) is 12. The maximum atomic E-state index is 13.1. The summed E-state index contributed by atoms with van der Waals surface area (Å²) in [6.45, 7) is 2.76. The number of carboxylic acid groups (broad SMARTS) is 1. The van der Waals surface area contributed by atoms with Crippen molar-refractivity contribution < 1.29 is 44.0 Å². The lowest BCUT2D eigenvalue weighted by atomic mass is 9.88. The van der Waals surface area contributed by atoms with Crippen molar-refractivity contribution in [1.82, 2.24) is 10.3 Å². The Morgan fingerprint density at radius 3 is 2.60 bits per heavy atom. The molecule has 2 heterocycles. The van der Waals surface area contributed by atoms with Crippen molar-refractivity contribution in [2.24, 2.45) is 11.7 Å². The fraction of sp³-hybridized carbons (Fsp3) is 0.519. The van der Waals surface area contributed by atoms with E-state index in [1.807, 2.05) is 37.3 Å². The summed E-state index contributed by atoms with van der Waals surface area (Å²) in [5.41, 5.74) is 0.925. The minimum absolute atomic E-state index is 0.00726. The molecule has 8 N–H and O–H groups in total. The number of carbonyl (C=O) groups excluding carboxylic acids is 2. The van der Waals surface area contributed by atoms with Gasteiger partial charge in [0.15, 0.2) is 0 Å². The molecule has 0 radical (unpaired) electrons. The van der Waals surface area contributed by atoms with E-state index in [4.69, 9.17) is 26.1 Å². The molecule has 6 atom stereocenters. The van der Waals surface area contributed by atoms with Crippen LogP contribution in [0.5, 0.6) is 0 Å². The van der Waals surface area contributed by atoms with E-state index in [0.29, 0.717) is 11.3 Å². The van der Waals surface area contributed by atoms with Gasteiger partial charge in [0, 0.05) is 18.2 Å². The Bertz CT molecular complexity index is 1190. The van der Waals surface area contributed by atoms with Gasteiger partial charge in [0.2, 0.25) is 5.91 Å². The molecule has 3 rings (SSSR count). The Labute approximate surface area is 252 Å². The summed E-state index contributed by atoms with van der Waals surface area (Å²) in [7, 11) is 0. The third-order valence-corrected chi connectivity index (χ3v) is 8.75. The molecule has 2 aromatic rings. The maximum absolute atomic E-state index is 13.1. The predicted molar refractivity (Wildman–Crippen MR) is 157 cm³/mol. The monoisotopic (exact) mass is 626 g/mol. The van der Waals surface area contributed by atoms with Crippen molar-refractivity contribution in [3.63, 3.8) is 0 Å². The Morgan fingerprint density at radius 1 is 1.26 bits per heavy atom. The number of aliphatic hydroxyl groups is 2. The van der Waals surface area contributed by atoms with E-state index in [2.05, 4.69) is 5.32 Å². The van der Waals surface area contributed by atoms with Crippen molar-refractivity contribution in [3.05, 3.63) is 47.3 Å². The van der Waals surface area contributed by atoms with E-state index in [-0.39, 0.29) is 6.61 Å². The first-order chi connectivity index (χ1) is 20.0. The van der Waals surface area contributed by atoms with Crippen LogP contribution in [0.15, 0.2) is 42.5 Å². The van der Waals surface area contributed by atoms with Gasteiger partial charge in [-0.2, -0.15) is 11.8 Å². The van der Waals surface area contributed by atoms with E-state index in [0.717, 1.165) is 27.0 Å². The molecule has 13 nitrogen and oxygen atoms in total. The summed E-state index contributed by atoms with van der Waals surface area (Å²) in [5.74, 6) is 8.16. The SMILES string of the molecule is CCSCCCO[C@]1(C(=O)O)C[C@H](O)[C@@H](NC(C)=O)[C@H]([C@H](O)[C@@H](CN(N)C(=O)c2ccc(-c3ccccc3)s2)ON)O1. The normalized spacial score (nSPS) is 23.6. The summed E-state index contributed by atoms with van der Waals surface area (Å²) < 4.78 is 11.5. The van der Waals surface area contributed by atoms with Crippen LogP contribution in [0.25, 0.3) is 10.4 Å². The number of carbonyl (C=O) groups is 3. The first kappa shape index (κ1) is 33.9. The number of thiophene rings is 1. The van der Waals surface area contributed by atoms with Crippen LogP contribution in [0, 0.1) is 0 Å². The number of nitrogens with one attached hydrogen (secondary N) is 1. The molecular formula is C27H38N4O9S2. The lowest BCUT2D eigenvalue weighted by Crippen LogP contribution is -2.68. The zero-order valence-electron chi connectivity index (χ0n) is 23.4. The number of carboxylic acids is 1. The van der Waals surface area contributed by atoms with Crippen LogP contribution in [0.1, 0.15) is 36.4 Å². The second-order valence-electron chi connectivity index (χ2n) is 9.69. The molecule has 1 aromatic heterocycles. The molecule has 15 heteroatoms. The molecule has 2 amide bonds. The number of benzene rings is 1. The molecule has 1 aromatic carbocycles. The molecule has 0 spiro atoms. The topological polar surface area (TPSA) is 207 Å². The van der Waals surface area contributed by atoms with Crippen LogP contribution in [-0.4, -0.2) is 99.0 Å². The molecule has 0 unspecified atom stereocenters. The molecule has 1 fully saturated rings. The van der Waals surface area contributed by atoms with Gasteiger partial charge in [-0.05, 0) is 35.6 Å². The highest BCUT2D eigenvalue weighted by Gasteiger charge is 2.56. The minimum atomic E-state index is -2.32. The predicted octanol–water partition coefficient (Wildman–Crippen LogP) is 0.946. The van der Waals surface area contributed by atoms with Crippen molar-refractivity contribution >= 4 is 40.9 Å². The summed E-state index contributed by atoms with van der Waals surface area (Å²) in [4.78, 5) is 43.5. The van der Waals surface area contributed by atoms with Crippen molar-refractivity contribution in [3.8, 4) is 10.4 Å². The fourth-order valence-corrected chi connectivity index (χ4v) is 6.14. The minimum Gasteiger partial charge on any atom is -0.477 e. The molecule has 0 aliphatic carbocycles. The summed E-state index contributed by atoms with van der Waals surface area (Å²) in [6, 6.07) is 11.6. The standard InChI is InChI=1S/C27H38N4O9S2/c1-3-41-13-7-12-38-27(26(36)37)14-18(33)22(30-16(2)32)24(39-27)23(34)19(40-29)15-31(28)25(35)21-11-10-20(42-21)17-8-5-4-6-9-17/h4-6,8-11,18-19,22-24,33-34H,3,7,12-15,28-29H2,1-2H3,(H,30,32)(H,36,37)/t18-,19+,22+,23+,24+,27+/m0/s1. The third kappa shape index (κ3) is 8.49. The largest absolute Gasteiger partial charge is 0.477 e. The lowest BCUT2D eigenvalue weighted by molar-refractivity contribution is -0.311. The van der Waals surface area contributed by atoms with Gasteiger partial charge in [-0.25, -0.2) is 16.5 Å². The van der Waals surface area contributed by atoms with Crippen LogP contribution in [0.4, 0.5) is 0 Å². The van der Waals surface area contributed by atoms with E-state index < -0.39 is 67.0 Å². The molecule has 0 bridgehead atoms. The van der Waals surface area contributed by atoms with Gasteiger partial charge in [0.25, 0.3) is 11.7 Å². The zero-order valence-corrected chi connectivity index (χ0v) is 25.0. The van der Waals surface area contributed by atoms with Crippen LogP contribution in [-0.2, 0) is 23.9 Å². The van der Waals surface area contributed by atoms with Crippen molar-refractivity contribution in [2.45, 2.75) is 62.9 Å². The maximum Gasteiger partial charge on any atom is 0.364 e. The number of ether oxygens (including phenoxy) is 2. The van der Waals surface area contributed by atoms with Gasteiger partial charge >= 0.3 is 5.97 Å². The number of nitrogens with two attached hydrogens (primary N) is 2. The molecular weight excluding hydrogens is 588 g/mol. The molecule has 0 saturated carbocycles. The Kier molecular flexibility index (Phi) is 12.7. The van der Waals surface area contributed by atoms with Crippen LogP contribution in [0.3, 0.4) is 0 Å². The van der Waals surface area contributed by atoms with E-state index in [1.54, 1.807) is 23.9 Å². The Hall–Kier alpha value is -2.60. The van der Waals surface area contributed by atoms with Gasteiger partial charge in [0.1, 0.15) is 18.3 Å². The number of amides is 2. The number of aliphatic carboxylic acids is 1. The number of hydrazine groups is 1. The highest BCUT2D eigenvalue weighted by atomic mass is 32.2. The quantitative estimate of drug-likeness (QED) is 0.0707. The second kappa shape index (κ2) is 15.7. The summed E-state index contributed by atoms with van der Waals surface area (Å²) in [6.07, 6.45) is -6.23. The molecule has 1 aliphatic rings. The number of thioether (sulfide) groups is 1.